The number of aryl methyl sites for hydroxylation is 3. The third-order valence-electron chi connectivity index (χ3n) is 5.80. The average Bonchev–Trinajstić information content (AvgIpc) is 3.60. The van der Waals surface area contributed by atoms with Crippen molar-refractivity contribution in [3.63, 3.8) is 0 Å². The van der Waals surface area contributed by atoms with Gasteiger partial charge in [-0.3, -0.25) is 4.79 Å². The Morgan fingerprint density at radius 2 is 2.18 bits per heavy atom. The zero-order valence-corrected chi connectivity index (χ0v) is 19.4. The monoisotopic (exact) mass is 479 g/mol. The summed E-state index contributed by atoms with van der Waals surface area (Å²) < 4.78 is 10.8. The van der Waals surface area contributed by atoms with Gasteiger partial charge in [0.2, 0.25) is 5.89 Å². The van der Waals surface area contributed by atoms with Crippen LogP contribution in [0.1, 0.15) is 53.0 Å². The molecule has 5 heterocycles. The van der Waals surface area contributed by atoms with E-state index >= 15 is 0 Å². The molecule has 176 valence electrons. The predicted molar refractivity (Wildman–Crippen MR) is 126 cm³/mol. The minimum Gasteiger partial charge on any atom is -0.481 e. The van der Waals surface area contributed by atoms with Crippen molar-refractivity contribution in [1.29, 1.82) is 0 Å². The van der Waals surface area contributed by atoms with E-state index in [0.717, 1.165) is 48.6 Å². The van der Waals surface area contributed by atoms with Crippen molar-refractivity contribution in [2.45, 2.75) is 50.9 Å². The van der Waals surface area contributed by atoms with Gasteiger partial charge in [-0.2, -0.15) is 4.98 Å². The summed E-state index contributed by atoms with van der Waals surface area (Å²) in [5.74, 6) is 1.54. The van der Waals surface area contributed by atoms with Crippen LogP contribution in [0.4, 0.5) is 5.82 Å². The number of furan rings is 1. The number of thiazole rings is 1. The molecule has 1 aliphatic rings. The zero-order valence-electron chi connectivity index (χ0n) is 18.6. The number of carboxylic acids is 1. The summed E-state index contributed by atoms with van der Waals surface area (Å²) in [6.45, 7) is 0.976. The number of rotatable bonds is 10. The van der Waals surface area contributed by atoms with E-state index in [0.29, 0.717) is 35.3 Å². The molecule has 5 rings (SSSR count). The fourth-order valence-corrected chi connectivity index (χ4v) is 5.08. The maximum Gasteiger partial charge on any atom is 0.304 e. The standard InChI is InChI=1S/C24H25N5O4S/c30-22(31)13-16(19-14-26-24(34-19)18-6-3-11-32-18)12-21-28-20(29-33-21)7-1-5-17-9-8-15-4-2-10-25-23(15)27-17/h3,6,8-9,11,14,16H,1-2,4-5,7,10,12-13H2,(H,25,27)(H,30,31). The number of nitrogens with zero attached hydrogens (tertiary/aromatic N) is 4. The van der Waals surface area contributed by atoms with Crippen LogP contribution in [0.15, 0.2) is 45.7 Å². The van der Waals surface area contributed by atoms with Gasteiger partial charge in [-0.25, -0.2) is 9.97 Å². The Morgan fingerprint density at radius 1 is 1.24 bits per heavy atom. The van der Waals surface area contributed by atoms with Gasteiger partial charge in [0.05, 0.1) is 12.7 Å². The summed E-state index contributed by atoms with van der Waals surface area (Å²) in [6, 6.07) is 7.88. The molecule has 4 aromatic rings. The van der Waals surface area contributed by atoms with Crippen molar-refractivity contribution in [1.82, 2.24) is 20.1 Å². The quantitative estimate of drug-likeness (QED) is 0.337. The highest BCUT2D eigenvalue weighted by Gasteiger charge is 2.23. The molecule has 0 radical (unpaired) electrons. The number of hydrogen-bond acceptors (Lipinski definition) is 9. The van der Waals surface area contributed by atoms with E-state index in [4.69, 9.17) is 13.9 Å². The topological polar surface area (TPSA) is 127 Å². The van der Waals surface area contributed by atoms with E-state index < -0.39 is 5.97 Å². The first kappa shape index (κ1) is 22.3. The third kappa shape index (κ3) is 5.33. The highest BCUT2D eigenvalue weighted by Crippen LogP contribution is 2.33. The molecule has 0 amide bonds. The number of carbonyl (C=O) groups is 1. The predicted octanol–water partition coefficient (Wildman–Crippen LogP) is 4.52. The molecule has 0 bridgehead atoms. The van der Waals surface area contributed by atoms with Crippen LogP contribution in [-0.2, 0) is 30.5 Å². The van der Waals surface area contributed by atoms with Crippen LogP contribution in [0, 0.1) is 0 Å². The number of aromatic nitrogens is 4. The Labute approximate surface area is 200 Å². The summed E-state index contributed by atoms with van der Waals surface area (Å²) >= 11 is 1.42. The van der Waals surface area contributed by atoms with Gasteiger partial charge in [0, 0.05) is 42.1 Å². The van der Waals surface area contributed by atoms with Crippen LogP contribution in [0.5, 0.6) is 0 Å². The van der Waals surface area contributed by atoms with Crippen LogP contribution in [0.3, 0.4) is 0 Å². The first-order chi connectivity index (χ1) is 16.6. The molecule has 0 spiro atoms. The zero-order chi connectivity index (χ0) is 23.3. The lowest BCUT2D eigenvalue weighted by Crippen LogP contribution is -2.14. The first-order valence-electron chi connectivity index (χ1n) is 11.4. The van der Waals surface area contributed by atoms with E-state index in [1.165, 1.54) is 16.9 Å². The Morgan fingerprint density at radius 3 is 3.03 bits per heavy atom. The second-order valence-electron chi connectivity index (χ2n) is 8.34. The Balaban J connectivity index is 1.19. The van der Waals surface area contributed by atoms with Gasteiger partial charge < -0.3 is 19.4 Å². The normalized spacial score (nSPS) is 13.9. The molecule has 0 saturated heterocycles. The number of fused-ring (bicyclic) bond motifs is 1. The molecule has 0 aliphatic carbocycles. The summed E-state index contributed by atoms with van der Waals surface area (Å²) in [5.41, 5.74) is 2.34. The van der Waals surface area contributed by atoms with Gasteiger partial charge in [0.25, 0.3) is 0 Å². The smallest absolute Gasteiger partial charge is 0.304 e. The van der Waals surface area contributed by atoms with Gasteiger partial charge in [0.1, 0.15) is 5.82 Å². The number of nitrogens with one attached hydrogen (secondary N) is 1. The lowest BCUT2D eigenvalue weighted by molar-refractivity contribution is -0.137. The van der Waals surface area contributed by atoms with E-state index in [2.05, 4.69) is 32.6 Å². The lowest BCUT2D eigenvalue weighted by atomic mass is 10.0. The Hall–Kier alpha value is -3.53. The van der Waals surface area contributed by atoms with Crippen molar-refractivity contribution in [3.8, 4) is 10.8 Å². The van der Waals surface area contributed by atoms with E-state index in [9.17, 15) is 9.90 Å². The molecule has 10 heteroatoms. The van der Waals surface area contributed by atoms with Gasteiger partial charge in [-0.1, -0.05) is 11.2 Å². The minimum atomic E-state index is -0.885. The molecule has 34 heavy (non-hydrogen) atoms. The second-order valence-corrected chi connectivity index (χ2v) is 9.40. The van der Waals surface area contributed by atoms with E-state index in [-0.39, 0.29) is 12.3 Å². The molecule has 0 fully saturated rings. The number of hydrogen-bond donors (Lipinski definition) is 2. The number of aliphatic carboxylic acids is 1. The molecule has 4 aromatic heterocycles. The summed E-state index contributed by atoms with van der Waals surface area (Å²) in [4.78, 5) is 25.9. The molecular formula is C24H25N5O4S. The minimum absolute atomic E-state index is 0.0461. The first-order valence-corrected chi connectivity index (χ1v) is 12.2. The van der Waals surface area contributed by atoms with Crippen LogP contribution in [0.25, 0.3) is 10.8 Å². The second kappa shape index (κ2) is 10.2. The summed E-state index contributed by atoms with van der Waals surface area (Å²) in [5, 5.41) is 17.6. The van der Waals surface area contributed by atoms with Crippen molar-refractivity contribution in [2.75, 3.05) is 11.9 Å². The molecule has 1 atom stereocenters. The van der Waals surface area contributed by atoms with Crippen LogP contribution >= 0.6 is 11.3 Å². The molecule has 2 N–H and O–H groups in total. The molecule has 0 saturated carbocycles. The molecule has 1 aliphatic heterocycles. The molecule has 0 aromatic carbocycles. The van der Waals surface area contributed by atoms with E-state index in [1.54, 1.807) is 18.5 Å². The van der Waals surface area contributed by atoms with E-state index in [1.807, 2.05) is 6.07 Å². The van der Waals surface area contributed by atoms with Crippen molar-refractivity contribution in [3.05, 3.63) is 64.6 Å². The number of anilines is 1. The maximum atomic E-state index is 11.5. The maximum absolute atomic E-state index is 11.5. The van der Waals surface area contributed by atoms with Gasteiger partial charge in [-0.15, -0.1) is 11.3 Å². The van der Waals surface area contributed by atoms with Crippen molar-refractivity contribution >= 4 is 23.1 Å². The van der Waals surface area contributed by atoms with Crippen LogP contribution in [-0.4, -0.2) is 37.7 Å². The third-order valence-corrected chi connectivity index (χ3v) is 6.97. The Bertz CT molecular complexity index is 1250. The fourth-order valence-electron chi connectivity index (χ4n) is 4.09. The number of pyridine rings is 1. The van der Waals surface area contributed by atoms with Gasteiger partial charge in [0.15, 0.2) is 16.6 Å². The van der Waals surface area contributed by atoms with Crippen LogP contribution < -0.4 is 5.32 Å². The van der Waals surface area contributed by atoms with Crippen molar-refractivity contribution in [2.24, 2.45) is 0 Å². The van der Waals surface area contributed by atoms with Gasteiger partial charge >= 0.3 is 5.97 Å². The summed E-state index contributed by atoms with van der Waals surface area (Å²) in [7, 11) is 0. The largest absolute Gasteiger partial charge is 0.481 e. The average molecular weight is 480 g/mol. The highest BCUT2D eigenvalue weighted by atomic mass is 32.1. The molecule has 9 nitrogen and oxygen atoms in total. The SMILES string of the molecule is O=C(O)CC(Cc1nc(CCCc2ccc3c(n2)NCCC3)no1)c1cnc(-c2ccco2)s1. The highest BCUT2D eigenvalue weighted by molar-refractivity contribution is 7.15. The van der Waals surface area contributed by atoms with Crippen molar-refractivity contribution < 1.29 is 18.8 Å². The van der Waals surface area contributed by atoms with Gasteiger partial charge in [-0.05, 0) is 49.4 Å². The molecule has 1 unspecified atom stereocenters. The van der Waals surface area contributed by atoms with Crippen LogP contribution in [0.2, 0.25) is 0 Å². The Kier molecular flexibility index (Phi) is 6.66. The number of carboxylic acid groups (broad SMARTS) is 1. The lowest BCUT2D eigenvalue weighted by Gasteiger charge is -2.17. The summed E-state index contributed by atoms with van der Waals surface area (Å²) in [6.07, 6.45) is 8.17. The fraction of sp³-hybridized carbons (Fsp3) is 0.375. The molecular weight excluding hydrogens is 454 g/mol.